The van der Waals surface area contributed by atoms with Gasteiger partial charge in [-0.2, -0.15) is 0 Å². The van der Waals surface area contributed by atoms with E-state index in [9.17, 15) is 4.79 Å². The third-order valence-electron chi connectivity index (χ3n) is 4.96. The molecule has 0 N–H and O–H groups in total. The van der Waals surface area contributed by atoms with E-state index in [4.69, 9.17) is 13.8 Å². The number of rotatable bonds is 4. The van der Waals surface area contributed by atoms with Crippen molar-refractivity contribution in [3.05, 3.63) is 65.4 Å². The van der Waals surface area contributed by atoms with Crippen molar-refractivity contribution in [3.63, 3.8) is 0 Å². The molecule has 1 aromatic carbocycles. The van der Waals surface area contributed by atoms with Crippen molar-refractivity contribution in [2.75, 3.05) is 26.2 Å². The van der Waals surface area contributed by atoms with Crippen LogP contribution in [0.4, 0.5) is 0 Å². The molecule has 2 aromatic heterocycles. The van der Waals surface area contributed by atoms with Crippen molar-refractivity contribution in [1.82, 2.24) is 14.8 Å². The summed E-state index contributed by atoms with van der Waals surface area (Å²) in [5, 5.41) is 0. The number of piperazine rings is 1. The van der Waals surface area contributed by atoms with E-state index < -0.39 is 0 Å². The summed E-state index contributed by atoms with van der Waals surface area (Å²) in [5.41, 5.74) is 3.16. The lowest BCUT2D eigenvalue weighted by Gasteiger charge is -2.33. The number of benzene rings is 1. The summed E-state index contributed by atoms with van der Waals surface area (Å²) >= 11 is 0. The number of aromatic nitrogens is 1. The summed E-state index contributed by atoms with van der Waals surface area (Å²) in [5.74, 6) is 1.87. The molecule has 1 aliphatic heterocycles. The van der Waals surface area contributed by atoms with Crippen molar-refractivity contribution in [2.24, 2.45) is 0 Å². The van der Waals surface area contributed by atoms with E-state index in [1.165, 1.54) is 11.8 Å². The molecule has 0 bridgehead atoms. The number of hydrogen-bond acceptors (Lipinski definition) is 5. The van der Waals surface area contributed by atoms with Crippen LogP contribution in [-0.2, 0) is 6.54 Å². The first-order chi connectivity index (χ1) is 13.1. The van der Waals surface area contributed by atoms with Gasteiger partial charge < -0.3 is 13.7 Å². The second kappa shape index (κ2) is 7.40. The van der Waals surface area contributed by atoms with Crippen LogP contribution in [0.25, 0.3) is 11.5 Å². The Morgan fingerprint density at radius 1 is 1.07 bits per heavy atom. The van der Waals surface area contributed by atoms with E-state index in [-0.39, 0.29) is 5.91 Å². The van der Waals surface area contributed by atoms with Crippen molar-refractivity contribution >= 4 is 5.91 Å². The second-order valence-corrected chi connectivity index (χ2v) is 6.93. The van der Waals surface area contributed by atoms with Gasteiger partial charge in [0, 0.05) is 38.3 Å². The van der Waals surface area contributed by atoms with Crippen LogP contribution >= 0.6 is 0 Å². The molecule has 3 aromatic rings. The molecule has 0 saturated carbocycles. The molecule has 1 aliphatic rings. The van der Waals surface area contributed by atoms with Crippen molar-refractivity contribution in [2.45, 2.75) is 20.4 Å². The third kappa shape index (κ3) is 3.80. The monoisotopic (exact) mass is 365 g/mol. The maximum Gasteiger partial charge on any atom is 0.289 e. The molecule has 6 heteroatoms. The zero-order valence-corrected chi connectivity index (χ0v) is 15.6. The molecule has 3 heterocycles. The fourth-order valence-corrected chi connectivity index (χ4v) is 3.27. The molecule has 1 fully saturated rings. The zero-order chi connectivity index (χ0) is 18.8. The molecule has 6 nitrogen and oxygen atoms in total. The van der Waals surface area contributed by atoms with E-state index in [1.807, 2.05) is 24.0 Å². The van der Waals surface area contributed by atoms with Crippen molar-refractivity contribution in [1.29, 1.82) is 0 Å². The smallest absolute Gasteiger partial charge is 0.289 e. The number of carbonyl (C=O) groups is 1. The van der Waals surface area contributed by atoms with E-state index in [1.54, 1.807) is 12.1 Å². The van der Waals surface area contributed by atoms with Crippen LogP contribution in [0.1, 0.15) is 27.6 Å². The average molecular weight is 365 g/mol. The lowest BCUT2D eigenvalue weighted by Crippen LogP contribution is -2.48. The van der Waals surface area contributed by atoms with Gasteiger partial charge >= 0.3 is 0 Å². The average Bonchev–Trinajstić information content (AvgIpc) is 3.33. The topological polar surface area (TPSA) is 62.7 Å². The Labute approximate surface area is 158 Å². The highest BCUT2D eigenvalue weighted by Crippen LogP contribution is 2.23. The summed E-state index contributed by atoms with van der Waals surface area (Å²) in [6.07, 6.45) is 1.53. The van der Waals surface area contributed by atoms with Crippen LogP contribution < -0.4 is 0 Å². The molecule has 0 aliphatic carbocycles. The number of aryl methyl sites for hydroxylation is 2. The van der Waals surface area contributed by atoms with Crippen LogP contribution in [0.2, 0.25) is 0 Å². The quantitative estimate of drug-likeness (QED) is 0.708. The SMILES string of the molecule is Cc1ccc(-c2nc(CN3CCN(C(=O)c4ccco4)CC3)c(C)o2)cc1. The van der Waals surface area contributed by atoms with E-state index in [2.05, 4.69) is 24.0 Å². The Morgan fingerprint density at radius 2 is 1.81 bits per heavy atom. The first-order valence-electron chi connectivity index (χ1n) is 9.18. The molecule has 0 unspecified atom stereocenters. The van der Waals surface area contributed by atoms with Gasteiger partial charge in [0.2, 0.25) is 5.89 Å². The number of carbonyl (C=O) groups excluding carboxylic acids is 1. The van der Waals surface area contributed by atoms with Crippen molar-refractivity contribution in [3.8, 4) is 11.5 Å². The molecule has 1 amide bonds. The predicted octanol–water partition coefficient (Wildman–Crippen LogP) is 3.51. The van der Waals surface area contributed by atoms with Gasteiger partial charge in [-0.15, -0.1) is 0 Å². The molecule has 27 heavy (non-hydrogen) atoms. The van der Waals surface area contributed by atoms with Gasteiger partial charge in [0.15, 0.2) is 5.76 Å². The Bertz CT molecular complexity index is 905. The van der Waals surface area contributed by atoms with Crippen molar-refractivity contribution < 1.29 is 13.6 Å². The lowest BCUT2D eigenvalue weighted by molar-refractivity contribution is 0.0596. The van der Waals surface area contributed by atoms with Gasteiger partial charge in [-0.1, -0.05) is 17.7 Å². The minimum atomic E-state index is -0.0427. The minimum absolute atomic E-state index is 0.0427. The second-order valence-electron chi connectivity index (χ2n) is 6.93. The maximum absolute atomic E-state index is 12.4. The number of furan rings is 1. The number of nitrogens with zero attached hydrogens (tertiary/aromatic N) is 3. The zero-order valence-electron chi connectivity index (χ0n) is 15.6. The summed E-state index contributed by atoms with van der Waals surface area (Å²) in [6, 6.07) is 11.6. The first-order valence-corrected chi connectivity index (χ1v) is 9.18. The number of oxazole rings is 1. The van der Waals surface area contributed by atoms with Crippen LogP contribution in [0, 0.1) is 13.8 Å². The standard InChI is InChI=1S/C21H23N3O3/c1-15-5-7-17(8-6-15)20-22-18(16(2)27-20)14-23-9-11-24(12-10-23)21(25)19-4-3-13-26-19/h3-8,13H,9-12,14H2,1-2H3. The molecule has 140 valence electrons. The maximum atomic E-state index is 12.4. The number of hydrogen-bond donors (Lipinski definition) is 0. The Hall–Kier alpha value is -2.86. The van der Waals surface area contributed by atoms with Crippen LogP contribution in [-0.4, -0.2) is 46.9 Å². The Morgan fingerprint density at radius 3 is 2.48 bits per heavy atom. The molecular weight excluding hydrogens is 342 g/mol. The molecular formula is C21H23N3O3. The van der Waals surface area contributed by atoms with Gasteiger partial charge in [0.25, 0.3) is 5.91 Å². The van der Waals surface area contributed by atoms with Gasteiger partial charge in [-0.05, 0) is 38.1 Å². The molecule has 0 spiro atoms. The van der Waals surface area contributed by atoms with Gasteiger partial charge in [0.05, 0.1) is 12.0 Å². The Kier molecular flexibility index (Phi) is 4.81. The first kappa shape index (κ1) is 17.5. The lowest BCUT2D eigenvalue weighted by atomic mass is 10.1. The summed E-state index contributed by atoms with van der Waals surface area (Å²) < 4.78 is 11.1. The molecule has 4 rings (SSSR count). The third-order valence-corrected chi connectivity index (χ3v) is 4.96. The van der Waals surface area contributed by atoms with Gasteiger partial charge in [-0.25, -0.2) is 4.98 Å². The summed E-state index contributed by atoms with van der Waals surface area (Å²) in [4.78, 5) is 21.2. The summed E-state index contributed by atoms with van der Waals surface area (Å²) in [6.45, 7) is 7.71. The fourth-order valence-electron chi connectivity index (χ4n) is 3.27. The highest BCUT2D eigenvalue weighted by molar-refractivity contribution is 5.91. The predicted molar refractivity (Wildman–Crippen MR) is 101 cm³/mol. The van der Waals surface area contributed by atoms with E-state index in [0.717, 1.165) is 36.7 Å². The Balaban J connectivity index is 1.38. The van der Waals surface area contributed by atoms with Crippen LogP contribution in [0.3, 0.4) is 0 Å². The van der Waals surface area contributed by atoms with E-state index in [0.29, 0.717) is 24.7 Å². The van der Waals surface area contributed by atoms with Crippen LogP contribution in [0.15, 0.2) is 51.5 Å². The normalized spacial score (nSPS) is 15.3. The highest BCUT2D eigenvalue weighted by Gasteiger charge is 2.24. The molecule has 0 atom stereocenters. The molecule has 1 saturated heterocycles. The number of amides is 1. The summed E-state index contributed by atoms with van der Waals surface area (Å²) in [7, 11) is 0. The van der Waals surface area contributed by atoms with E-state index >= 15 is 0 Å². The molecule has 0 radical (unpaired) electrons. The van der Waals surface area contributed by atoms with Gasteiger partial charge in [0.1, 0.15) is 5.76 Å². The van der Waals surface area contributed by atoms with Gasteiger partial charge in [-0.3, -0.25) is 9.69 Å². The van der Waals surface area contributed by atoms with Crippen LogP contribution in [0.5, 0.6) is 0 Å². The largest absolute Gasteiger partial charge is 0.459 e. The highest BCUT2D eigenvalue weighted by atomic mass is 16.4. The fraction of sp³-hybridized carbons (Fsp3) is 0.333. The minimum Gasteiger partial charge on any atom is -0.459 e.